The van der Waals surface area contributed by atoms with Crippen molar-refractivity contribution in [3.05, 3.63) is 59.1 Å². The van der Waals surface area contributed by atoms with Crippen molar-refractivity contribution < 1.29 is 22.7 Å². The summed E-state index contributed by atoms with van der Waals surface area (Å²) in [6.45, 7) is 2.96. The van der Waals surface area contributed by atoms with Crippen molar-refractivity contribution in [2.75, 3.05) is 26.3 Å². The highest BCUT2D eigenvalue weighted by atomic mass is 35.5. The minimum absolute atomic E-state index is 0.163. The zero-order chi connectivity index (χ0) is 20.9. The molecule has 1 aliphatic heterocycles. The number of hydrogen-bond acceptors (Lipinski definition) is 5. The third-order valence-electron chi connectivity index (χ3n) is 4.92. The number of piperidine rings is 1. The van der Waals surface area contributed by atoms with Crippen LogP contribution in [0.1, 0.15) is 18.4 Å². The predicted molar refractivity (Wildman–Crippen MR) is 111 cm³/mol. The van der Waals surface area contributed by atoms with Gasteiger partial charge in [0.15, 0.2) is 0 Å². The normalized spacial score (nSPS) is 15.8. The molecule has 3 rings (SSSR count). The summed E-state index contributed by atoms with van der Waals surface area (Å²) in [5.41, 5.74) is 1.02. The van der Waals surface area contributed by atoms with Crippen molar-refractivity contribution in [2.45, 2.75) is 24.7 Å². The molecule has 0 aromatic heterocycles. The first-order valence-electron chi connectivity index (χ1n) is 9.49. The summed E-state index contributed by atoms with van der Waals surface area (Å²) in [6.07, 6.45) is 0.870. The highest BCUT2D eigenvalue weighted by Crippen LogP contribution is 2.25. The summed E-state index contributed by atoms with van der Waals surface area (Å²) in [7, 11) is -3.58. The summed E-state index contributed by atoms with van der Waals surface area (Å²) >= 11 is 5.83. The van der Waals surface area contributed by atoms with E-state index in [1.165, 1.54) is 16.4 Å². The van der Waals surface area contributed by atoms with Crippen molar-refractivity contribution in [3.63, 3.8) is 0 Å². The third kappa shape index (κ3) is 5.50. The maximum absolute atomic E-state index is 12.7. The molecule has 0 amide bonds. The second-order valence-electron chi connectivity index (χ2n) is 6.91. The number of aryl methyl sites for hydroxylation is 1. The average Bonchev–Trinajstić information content (AvgIpc) is 2.72. The van der Waals surface area contributed by atoms with Gasteiger partial charge in [0.1, 0.15) is 19.0 Å². The predicted octanol–water partition coefficient (Wildman–Crippen LogP) is 3.67. The van der Waals surface area contributed by atoms with Crippen LogP contribution in [0.5, 0.6) is 5.75 Å². The SMILES string of the molecule is Cc1ccccc1OCCOC(=O)C1CCN(S(=O)(=O)c2ccc(Cl)cc2)CC1. The van der Waals surface area contributed by atoms with E-state index in [1.807, 2.05) is 31.2 Å². The minimum atomic E-state index is -3.58. The Morgan fingerprint density at radius 1 is 1.07 bits per heavy atom. The molecule has 2 aromatic carbocycles. The van der Waals surface area contributed by atoms with Crippen molar-refractivity contribution >= 4 is 27.6 Å². The van der Waals surface area contributed by atoms with Crippen LogP contribution in [0.25, 0.3) is 0 Å². The highest BCUT2D eigenvalue weighted by Gasteiger charge is 2.32. The Hall–Kier alpha value is -2.09. The number of halogens is 1. The molecule has 1 saturated heterocycles. The molecule has 0 saturated carbocycles. The fraction of sp³-hybridized carbons (Fsp3) is 0.381. The number of carbonyl (C=O) groups excluding carboxylic acids is 1. The standard InChI is InChI=1S/C21H24ClNO5S/c1-16-4-2-3-5-20(16)27-14-15-28-21(24)17-10-12-23(13-11-17)29(25,26)19-8-6-18(22)7-9-19/h2-9,17H,10-15H2,1H3. The summed E-state index contributed by atoms with van der Waals surface area (Å²) in [5, 5.41) is 0.483. The van der Waals surface area contributed by atoms with E-state index in [-0.39, 0.29) is 43.1 Å². The fourth-order valence-electron chi connectivity index (χ4n) is 3.22. The molecular weight excluding hydrogens is 414 g/mol. The van der Waals surface area contributed by atoms with E-state index >= 15 is 0 Å². The first kappa shape index (κ1) is 21.6. The van der Waals surface area contributed by atoms with E-state index in [2.05, 4.69) is 0 Å². The van der Waals surface area contributed by atoms with Gasteiger partial charge in [0.25, 0.3) is 0 Å². The molecule has 0 N–H and O–H groups in total. The van der Waals surface area contributed by atoms with Gasteiger partial charge in [-0.3, -0.25) is 4.79 Å². The van der Waals surface area contributed by atoms with Crippen LogP contribution < -0.4 is 4.74 Å². The van der Waals surface area contributed by atoms with E-state index in [1.54, 1.807) is 12.1 Å². The number of rotatable bonds is 7. The number of esters is 1. The van der Waals surface area contributed by atoms with Crippen LogP contribution in [0.15, 0.2) is 53.4 Å². The van der Waals surface area contributed by atoms with Crippen LogP contribution in [-0.4, -0.2) is 45.0 Å². The third-order valence-corrected chi connectivity index (χ3v) is 7.08. The smallest absolute Gasteiger partial charge is 0.309 e. The molecule has 0 radical (unpaired) electrons. The van der Waals surface area contributed by atoms with E-state index in [0.29, 0.717) is 17.9 Å². The Labute approximate surface area is 176 Å². The quantitative estimate of drug-likeness (QED) is 0.488. The lowest BCUT2D eigenvalue weighted by Crippen LogP contribution is -2.40. The molecule has 2 aromatic rings. The van der Waals surface area contributed by atoms with Gasteiger partial charge >= 0.3 is 5.97 Å². The van der Waals surface area contributed by atoms with Crippen LogP contribution in [0.2, 0.25) is 5.02 Å². The van der Waals surface area contributed by atoms with E-state index in [4.69, 9.17) is 21.1 Å². The molecule has 29 heavy (non-hydrogen) atoms. The van der Waals surface area contributed by atoms with Gasteiger partial charge in [-0.2, -0.15) is 4.31 Å². The Morgan fingerprint density at radius 3 is 2.38 bits per heavy atom. The number of ether oxygens (including phenoxy) is 2. The second-order valence-corrected chi connectivity index (χ2v) is 9.29. The molecule has 1 aliphatic rings. The lowest BCUT2D eigenvalue weighted by Gasteiger charge is -2.30. The van der Waals surface area contributed by atoms with Gasteiger partial charge in [-0.25, -0.2) is 8.42 Å². The molecule has 1 fully saturated rings. The molecule has 156 valence electrons. The van der Waals surface area contributed by atoms with Crippen LogP contribution in [0, 0.1) is 12.8 Å². The fourth-order valence-corrected chi connectivity index (χ4v) is 4.81. The molecule has 0 atom stereocenters. The molecular formula is C21H24ClNO5S. The van der Waals surface area contributed by atoms with Gasteiger partial charge < -0.3 is 9.47 Å². The molecule has 0 unspecified atom stereocenters. The number of benzene rings is 2. The number of hydrogen-bond donors (Lipinski definition) is 0. The van der Waals surface area contributed by atoms with Crippen LogP contribution in [-0.2, 0) is 19.6 Å². The molecule has 6 nitrogen and oxygen atoms in total. The minimum Gasteiger partial charge on any atom is -0.490 e. The van der Waals surface area contributed by atoms with Gasteiger partial charge in [-0.15, -0.1) is 0 Å². The zero-order valence-electron chi connectivity index (χ0n) is 16.2. The maximum Gasteiger partial charge on any atom is 0.309 e. The number of para-hydroxylation sites is 1. The first-order valence-corrected chi connectivity index (χ1v) is 11.3. The summed E-state index contributed by atoms with van der Waals surface area (Å²) < 4.78 is 37.7. The van der Waals surface area contributed by atoms with Gasteiger partial charge in [-0.1, -0.05) is 29.8 Å². The monoisotopic (exact) mass is 437 g/mol. The largest absolute Gasteiger partial charge is 0.490 e. The van der Waals surface area contributed by atoms with Crippen LogP contribution in [0.4, 0.5) is 0 Å². The number of sulfonamides is 1. The first-order chi connectivity index (χ1) is 13.9. The Bertz CT molecular complexity index is 938. The maximum atomic E-state index is 12.7. The van der Waals surface area contributed by atoms with Gasteiger partial charge in [0.2, 0.25) is 10.0 Å². The van der Waals surface area contributed by atoms with Crippen molar-refractivity contribution in [1.82, 2.24) is 4.31 Å². The van der Waals surface area contributed by atoms with Crippen LogP contribution >= 0.6 is 11.6 Å². The topological polar surface area (TPSA) is 72.9 Å². The van der Waals surface area contributed by atoms with Crippen molar-refractivity contribution in [2.24, 2.45) is 5.92 Å². The Balaban J connectivity index is 1.44. The molecule has 0 bridgehead atoms. The van der Waals surface area contributed by atoms with E-state index in [9.17, 15) is 13.2 Å². The molecule has 0 aliphatic carbocycles. The summed E-state index contributed by atoms with van der Waals surface area (Å²) in [5.74, 6) is 0.163. The van der Waals surface area contributed by atoms with E-state index in [0.717, 1.165) is 11.3 Å². The summed E-state index contributed by atoms with van der Waals surface area (Å²) in [6, 6.07) is 13.7. The molecule has 8 heteroatoms. The Kier molecular flexibility index (Phi) is 7.16. The zero-order valence-corrected chi connectivity index (χ0v) is 17.8. The van der Waals surface area contributed by atoms with Crippen molar-refractivity contribution in [3.8, 4) is 5.75 Å². The highest BCUT2D eigenvalue weighted by molar-refractivity contribution is 7.89. The lowest BCUT2D eigenvalue weighted by molar-refractivity contribution is -0.150. The van der Waals surface area contributed by atoms with Crippen LogP contribution in [0.3, 0.4) is 0 Å². The molecule has 1 heterocycles. The molecule has 0 spiro atoms. The van der Waals surface area contributed by atoms with Gasteiger partial charge in [0, 0.05) is 18.1 Å². The summed E-state index contributed by atoms with van der Waals surface area (Å²) in [4.78, 5) is 12.5. The number of carbonyl (C=O) groups is 1. The second kappa shape index (κ2) is 9.61. The van der Waals surface area contributed by atoms with Crippen molar-refractivity contribution in [1.29, 1.82) is 0 Å². The average molecular weight is 438 g/mol. The van der Waals surface area contributed by atoms with Gasteiger partial charge in [0.05, 0.1) is 10.8 Å². The van der Waals surface area contributed by atoms with Gasteiger partial charge in [-0.05, 0) is 55.7 Å². The van der Waals surface area contributed by atoms with E-state index < -0.39 is 10.0 Å². The number of nitrogens with zero attached hydrogens (tertiary/aromatic N) is 1. The Morgan fingerprint density at radius 2 is 1.72 bits per heavy atom. The lowest BCUT2D eigenvalue weighted by atomic mass is 9.98.